The number of nitrogens with zero attached hydrogens (tertiary/aromatic N) is 1. The average Bonchev–Trinajstić information content (AvgIpc) is 2.94. The van der Waals surface area contributed by atoms with Gasteiger partial charge in [-0.1, -0.05) is 22.9 Å². The molecular formula is C15H16ClN3O5S2. The van der Waals surface area contributed by atoms with Crippen LogP contribution in [0.15, 0.2) is 29.2 Å². The molecule has 0 saturated carbocycles. The molecule has 0 bridgehead atoms. The van der Waals surface area contributed by atoms with Crippen LogP contribution in [0.1, 0.15) is 22.3 Å². The standard InChI is InChI=1S/C15H16ClN3O5S2/c1-8-12(13(20)17-9(2)14(21)24-3)25-15(18-8)19-26(22,23)11-6-4-10(16)5-7-11/h4-7,9H,1-3H3,(H,17,20)(H,18,19)/t9-/m0/s1. The molecule has 140 valence electrons. The van der Waals surface area contributed by atoms with Crippen molar-refractivity contribution in [1.29, 1.82) is 0 Å². The fraction of sp³-hybridized carbons (Fsp3) is 0.267. The number of rotatable bonds is 6. The summed E-state index contributed by atoms with van der Waals surface area (Å²) in [5.74, 6) is -1.14. The maximum absolute atomic E-state index is 12.4. The predicted octanol–water partition coefficient (Wildman–Crippen LogP) is 2.20. The molecule has 2 aromatic rings. The lowest BCUT2D eigenvalue weighted by atomic mass is 10.3. The lowest BCUT2D eigenvalue weighted by Crippen LogP contribution is -2.39. The number of hydrogen-bond acceptors (Lipinski definition) is 7. The number of nitrogens with one attached hydrogen (secondary N) is 2. The lowest BCUT2D eigenvalue weighted by molar-refractivity contribution is -0.142. The summed E-state index contributed by atoms with van der Waals surface area (Å²) in [7, 11) is -2.65. The number of anilines is 1. The van der Waals surface area contributed by atoms with Crippen LogP contribution < -0.4 is 10.0 Å². The van der Waals surface area contributed by atoms with E-state index in [1.54, 1.807) is 6.92 Å². The van der Waals surface area contributed by atoms with Gasteiger partial charge in [-0.3, -0.25) is 9.52 Å². The average molecular weight is 418 g/mol. The molecule has 0 aliphatic heterocycles. The Labute approximate surface area is 159 Å². The summed E-state index contributed by atoms with van der Waals surface area (Å²) in [5, 5.41) is 2.91. The van der Waals surface area contributed by atoms with Gasteiger partial charge in [0.2, 0.25) is 0 Å². The summed E-state index contributed by atoms with van der Waals surface area (Å²) >= 11 is 6.61. The van der Waals surface area contributed by atoms with Crippen molar-refractivity contribution in [3.8, 4) is 0 Å². The number of carbonyl (C=O) groups is 2. The Bertz CT molecular complexity index is 925. The summed E-state index contributed by atoms with van der Waals surface area (Å²) in [4.78, 5) is 27.9. The number of esters is 1. The highest BCUT2D eigenvalue weighted by molar-refractivity contribution is 7.93. The van der Waals surface area contributed by atoms with Gasteiger partial charge in [-0.25, -0.2) is 18.2 Å². The third-order valence-corrected chi connectivity index (χ3v) is 6.06. The molecule has 1 aromatic carbocycles. The molecule has 8 nitrogen and oxygen atoms in total. The molecule has 0 aliphatic rings. The number of ether oxygens (including phenoxy) is 1. The number of methoxy groups -OCH3 is 1. The third-order valence-electron chi connectivity index (χ3n) is 3.25. The monoisotopic (exact) mass is 417 g/mol. The van der Waals surface area contributed by atoms with Crippen molar-refractivity contribution in [3.63, 3.8) is 0 Å². The number of halogens is 1. The second-order valence-corrected chi connectivity index (χ2v) is 8.33. The fourth-order valence-corrected chi connectivity index (χ4v) is 4.17. The number of sulfonamides is 1. The van der Waals surface area contributed by atoms with Crippen molar-refractivity contribution in [2.45, 2.75) is 24.8 Å². The first kappa shape index (κ1) is 20.1. The molecule has 2 N–H and O–H groups in total. The summed E-state index contributed by atoms with van der Waals surface area (Å²) in [6, 6.07) is 4.78. The molecule has 1 atom stereocenters. The summed E-state index contributed by atoms with van der Waals surface area (Å²) in [6.07, 6.45) is 0. The molecule has 11 heteroatoms. The van der Waals surface area contributed by atoms with E-state index in [4.69, 9.17) is 11.6 Å². The zero-order valence-corrected chi connectivity index (χ0v) is 16.5. The quantitative estimate of drug-likeness (QED) is 0.696. The van der Waals surface area contributed by atoms with Crippen LogP contribution in [0.2, 0.25) is 5.02 Å². The van der Waals surface area contributed by atoms with Gasteiger partial charge in [0.05, 0.1) is 17.7 Å². The van der Waals surface area contributed by atoms with Crippen LogP contribution in [0.3, 0.4) is 0 Å². The van der Waals surface area contributed by atoms with Gasteiger partial charge in [-0.15, -0.1) is 0 Å². The number of aryl methyl sites for hydroxylation is 1. The van der Waals surface area contributed by atoms with Gasteiger partial charge in [-0.05, 0) is 38.1 Å². The third kappa shape index (κ3) is 4.71. The van der Waals surface area contributed by atoms with E-state index in [-0.39, 0.29) is 14.9 Å². The van der Waals surface area contributed by atoms with Crippen molar-refractivity contribution >= 4 is 50.0 Å². The number of hydrogen-bond donors (Lipinski definition) is 2. The molecule has 0 saturated heterocycles. The van der Waals surface area contributed by atoms with Crippen molar-refractivity contribution in [1.82, 2.24) is 10.3 Å². The lowest BCUT2D eigenvalue weighted by Gasteiger charge is -2.10. The first-order valence-corrected chi connectivity index (χ1v) is 9.96. The second-order valence-electron chi connectivity index (χ2n) is 5.21. The van der Waals surface area contributed by atoms with Crippen LogP contribution in [0.25, 0.3) is 0 Å². The Balaban J connectivity index is 2.18. The minimum atomic E-state index is -3.87. The van der Waals surface area contributed by atoms with E-state index in [9.17, 15) is 18.0 Å². The van der Waals surface area contributed by atoms with Crippen LogP contribution in [0.4, 0.5) is 5.13 Å². The normalized spacial score (nSPS) is 12.3. The van der Waals surface area contributed by atoms with E-state index < -0.39 is 27.9 Å². The van der Waals surface area contributed by atoms with Crippen molar-refractivity contribution < 1.29 is 22.7 Å². The van der Waals surface area contributed by atoms with Crippen LogP contribution in [-0.2, 0) is 19.6 Å². The highest BCUT2D eigenvalue weighted by atomic mass is 35.5. The van der Waals surface area contributed by atoms with E-state index in [1.165, 1.54) is 38.3 Å². The minimum Gasteiger partial charge on any atom is -0.467 e. The predicted molar refractivity (Wildman–Crippen MR) is 98.1 cm³/mol. The second kappa shape index (κ2) is 8.02. The van der Waals surface area contributed by atoms with Crippen molar-refractivity contribution in [2.24, 2.45) is 0 Å². The zero-order valence-electron chi connectivity index (χ0n) is 14.1. The molecule has 0 unspecified atom stereocenters. The van der Waals surface area contributed by atoms with E-state index in [0.29, 0.717) is 10.7 Å². The maximum Gasteiger partial charge on any atom is 0.328 e. The number of aromatic nitrogens is 1. The molecule has 0 spiro atoms. The smallest absolute Gasteiger partial charge is 0.328 e. The SMILES string of the molecule is COC(=O)[C@H](C)NC(=O)c1sc(NS(=O)(=O)c2ccc(Cl)cc2)nc1C. The molecule has 0 fully saturated rings. The topological polar surface area (TPSA) is 114 Å². The van der Waals surface area contributed by atoms with Crippen LogP contribution in [0, 0.1) is 6.92 Å². The van der Waals surface area contributed by atoms with E-state index >= 15 is 0 Å². The summed E-state index contributed by atoms with van der Waals surface area (Å²) in [5.41, 5.74) is 0.332. The molecule has 1 amide bonds. The Hall–Kier alpha value is -2.17. The molecule has 26 heavy (non-hydrogen) atoms. The summed E-state index contributed by atoms with van der Waals surface area (Å²) in [6.45, 7) is 3.04. The highest BCUT2D eigenvalue weighted by Gasteiger charge is 2.23. The van der Waals surface area contributed by atoms with Crippen molar-refractivity contribution in [2.75, 3.05) is 11.8 Å². The Kier molecular flexibility index (Phi) is 6.21. The van der Waals surface area contributed by atoms with E-state index in [1.807, 2.05) is 0 Å². The Morgan fingerprint density at radius 3 is 2.46 bits per heavy atom. The first-order chi connectivity index (χ1) is 12.1. The fourth-order valence-electron chi connectivity index (χ4n) is 1.94. The number of carbonyl (C=O) groups excluding carboxylic acids is 2. The van der Waals surface area contributed by atoms with Gasteiger partial charge in [0.25, 0.3) is 15.9 Å². The van der Waals surface area contributed by atoms with Crippen LogP contribution in [0.5, 0.6) is 0 Å². The minimum absolute atomic E-state index is 0.0140. The molecule has 0 aliphatic carbocycles. The van der Waals surface area contributed by atoms with Crippen LogP contribution in [-0.4, -0.2) is 38.4 Å². The highest BCUT2D eigenvalue weighted by Crippen LogP contribution is 2.25. The molecular weight excluding hydrogens is 402 g/mol. The first-order valence-electron chi connectivity index (χ1n) is 7.28. The van der Waals surface area contributed by atoms with Crippen molar-refractivity contribution in [3.05, 3.63) is 39.9 Å². The Morgan fingerprint density at radius 1 is 1.27 bits per heavy atom. The molecule has 0 radical (unpaired) electrons. The van der Waals surface area contributed by atoms with Gasteiger partial charge >= 0.3 is 5.97 Å². The molecule has 2 rings (SSSR count). The Morgan fingerprint density at radius 2 is 1.88 bits per heavy atom. The van der Waals surface area contributed by atoms with Gasteiger partial charge in [0.1, 0.15) is 10.9 Å². The van der Waals surface area contributed by atoms with Crippen LogP contribution >= 0.6 is 22.9 Å². The summed E-state index contributed by atoms with van der Waals surface area (Å²) < 4.78 is 31.6. The van der Waals surface area contributed by atoms with Gasteiger partial charge in [-0.2, -0.15) is 0 Å². The number of amides is 1. The maximum atomic E-state index is 12.4. The molecule has 1 aromatic heterocycles. The number of thiazole rings is 1. The van der Waals surface area contributed by atoms with Gasteiger partial charge < -0.3 is 10.1 Å². The largest absolute Gasteiger partial charge is 0.467 e. The van der Waals surface area contributed by atoms with Gasteiger partial charge in [0, 0.05) is 5.02 Å². The van der Waals surface area contributed by atoms with E-state index in [2.05, 4.69) is 19.8 Å². The molecule has 1 heterocycles. The van der Waals surface area contributed by atoms with Gasteiger partial charge in [0.15, 0.2) is 5.13 Å². The van der Waals surface area contributed by atoms with E-state index in [0.717, 1.165) is 11.3 Å². The zero-order chi connectivity index (χ0) is 19.5. The number of benzene rings is 1.